The largest absolute Gasteiger partial charge is 0.494 e. The van der Waals surface area contributed by atoms with E-state index >= 15 is 0 Å². The summed E-state index contributed by atoms with van der Waals surface area (Å²) in [6.45, 7) is 9.09. The number of carbonyl (C=O) groups excluding carboxylic acids is 2. The van der Waals surface area contributed by atoms with Crippen molar-refractivity contribution in [1.82, 2.24) is 20.0 Å². The molecular formula is C41H46N4O5S2. The van der Waals surface area contributed by atoms with E-state index < -0.39 is 27.9 Å². The molecule has 52 heavy (non-hydrogen) atoms. The molecule has 0 aliphatic carbocycles. The smallest absolute Gasteiger partial charge is 0.264 e. The molecular weight excluding hydrogens is 693 g/mol. The van der Waals surface area contributed by atoms with Gasteiger partial charge in [0, 0.05) is 34.8 Å². The van der Waals surface area contributed by atoms with Crippen LogP contribution in [0.3, 0.4) is 0 Å². The van der Waals surface area contributed by atoms with E-state index in [4.69, 9.17) is 4.74 Å². The first-order chi connectivity index (χ1) is 24.9. The summed E-state index contributed by atoms with van der Waals surface area (Å²) in [6.07, 6.45) is 9.59. The average Bonchev–Trinajstić information content (AvgIpc) is 3.66. The van der Waals surface area contributed by atoms with Gasteiger partial charge in [0.25, 0.3) is 21.8 Å². The number of nitrogens with one attached hydrogen (secondary N) is 2. The fourth-order valence-corrected chi connectivity index (χ4v) is 7.46. The van der Waals surface area contributed by atoms with Gasteiger partial charge in [-0.25, -0.2) is 23.1 Å². The van der Waals surface area contributed by atoms with Crippen LogP contribution in [-0.2, 0) is 26.7 Å². The van der Waals surface area contributed by atoms with Crippen LogP contribution in [0.1, 0.15) is 79.9 Å². The van der Waals surface area contributed by atoms with Crippen molar-refractivity contribution in [3.8, 4) is 28.3 Å². The number of sulfonamides is 1. The Morgan fingerprint density at radius 1 is 0.788 bits per heavy atom. The first kappa shape index (κ1) is 38.4. The van der Waals surface area contributed by atoms with Gasteiger partial charge in [0.1, 0.15) is 11.8 Å². The quantitative estimate of drug-likeness (QED) is 0.0975. The molecule has 3 aromatic carbocycles. The molecule has 0 radical (unpaired) electrons. The number of amides is 2. The van der Waals surface area contributed by atoms with E-state index in [2.05, 4.69) is 47.7 Å². The molecule has 2 aromatic heterocycles. The first-order valence-corrected chi connectivity index (χ1v) is 19.9. The third-order valence-electron chi connectivity index (χ3n) is 8.49. The number of benzene rings is 3. The van der Waals surface area contributed by atoms with Crippen molar-refractivity contribution in [2.75, 3.05) is 6.61 Å². The number of unbranched alkanes of at least 4 members (excludes halogenated alkanes) is 4. The van der Waals surface area contributed by atoms with Gasteiger partial charge < -0.3 is 10.1 Å². The summed E-state index contributed by atoms with van der Waals surface area (Å²) in [5.74, 6) is 0.0787. The predicted octanol–water partition coefficient (Wildman–Crippen LogP) is 8.37. The second-order valence-corrected chi connectivity index (χ2v) is 16.5. The van der Waals surface area contributed by atoms with E-state index in [1.54, 1.807) is 36.7 Å². The van der Waals surface area contributed by atoms with Gasteiger partial charge in [0.05, 0.1) is 16.4 Å². The third-order valence-corrected chi connectivity index (χ3v) is 11.4. The highest BCUT2D eigenvalue weighted by Gasteiger charge is 2.28. The zero-order valence-corrected chi connectivity index (χ0v) is 31.7. The molecule has 2 N–H and O–H groups in total. The third kappa shape index (κ3) is 10.6. The maximum Gasteiger partial charge on any atom is 0.264 e. The summed E-state index contributed by atoms with van der Waals surface area (Å²) >= 11 is 1.34. The number of thiophene rings is 1. The van der Waals surface area contributed by atoms with Gasteiger partial charge in [-0.1, -0.05) is 108 Å². The molecule has 0 spiro atoms. The summed E-state index contributed by atoms with van der Waals surface area (Å²) in [5.41, 5.74) is 3.19. The lowest BCUT2D eigenvalue weighted by atomic mass is 9.95. The van der Waals surface area contributed by atoms with E-state index in [9.17, 15) is 18.0 Å². The Balaban J connectivity index is 1.26. The van der Waals surface area contributed by atoms with Crippen molar-refractivity contribution in [2.24, 2.45) is 0 Å². The molecule has 2 heterocycles. The topological polar surface area (TPSA) is 127 Å². The molecule has 11 heteroatoms. The van der Waals surface area contributed by atoms with E-state index in [0.717, 1.165) is 33.7 Å². The fraction of sp³-hybridized carbons (Fsp3) is 0.317. The molecule has 5 aromatic rings. The summed E-state index contributed by atoms with van der Waals surface area (Å²) in [5, 5.41) is 2.77. The Kier molecular flexibility index (Phi) is 13.0. The average molecular weight is 739 g/mol. The van der Waals surface area contributed by atoms with Crippen LogP contribution in [0.4, 0.5) is 0 Å². The molecule has 0 bridgehead atoms. The van der Waals surface area contributed by atoms with E-state index in [0.29, 0.717) is 22.9 Å². The van der Waals surface area contributed by atoms with Crippen LogP contribution >= 0.6 is 11.3 Å². The number of aromatic nitrogens is 2. The van der Waals surface area contributed by atoms with Crippen LogP contribution in [-0.4, -0.2) is 42.8 Å². The minimum absolute atomic E-state index is 0.0496. The number of rotatable bonds is 16. The van der Waals surface area contributed by atoms with E-state index in [-0.39, 0.29) is 16.7 Å². The molecule has 0 saturated heterocycles. The standard InChI is InChI=1S/C41H46N4O5S2/c1-5-6-7-8-12-25-50-33-21-19-30(20-22-33)32-27-42-38(43-28-32)31-17-15-29(16-18-31)26-35(39(46)45-52(48,49)34-13-10-9-11-14-34)44-40(47)36-23-24-37(51-36)41(2,3)4/h9-11,13-24,27-28,35H,5-8,12,25-26H2,1-4H3,(H,44,47)(H,45,46). The molecule has 272 valence electrons. The van der Waals surface area contributed by atoms with Crippen LogP contribution < -0.4 is 14.8 Å². The molecule has 0 saturated carbocycles. The van der Waals surface area contributed by atoms with Crippen molar-refractivity contribution >= 4 is 33.2 Å². The molecule has 1 atom stereocenters. The van der Waals surface area contributed by atoms with Crippen LogP contribution in [0.15, 0.2) is 108 Å². The van der Waals surface area contributed by atoms with Crippen molar-refractivity contribution in [1.29, 1.82) is 0 Å². The molecule has 0 aliphatic heterocycles. The van der Waals surface area contributed by atoms with Crippen LogP contribution in [0.25, 0.3) is 22.5 Å². The predicted molar refractivity (Wildman–Crippen MR) is 207 cm³/mol. The van der Waals surface area contributed by atoms with Gasteiger partial charge in [0.2, 0.25) is 0 Å². The minimum Gasteiger partial charge on any atom is -0.494 e. The van der Waals surface area contributed by atoms with Gasteiger partial charge >= 0.3 is 0 Å². The first-order valence-electron chi connectivity index (χ1n) is 17.6. The SMILES string of the molecule is CCCCCCCOc1ccc(-c2cnc(-c3ccc(CC(NC(=O)c4ccc(C(C)(C)C)s4)C(=O)NS(=O)(=O)c4ccccc4)cc3)nc2)cc1. The van der Waals surface area contributed by atoms with Crippen molar-refractivity contribution in [3.05, 3.63) is 119 Å². The van der Waals surface area contributed by atoms with Crippen molar-refractivity contribution in [2.45, 2.75) is 82.6 Å². The van der Waals surface area contributed by atoms with Crippen molar-refractivity contribution in [3.63, 3.8) is 0 Å². The number of ether oxygens (including phenoxy) is 1. The van der Waals surface area contributed by atoms with Gasteiger partial charge in [0.15, 0.2) is 5.82 Å². The number of hydrogen-bond acceptors (Lipinski definition) is 8. The lowest BCUT2D eigenvalue weighted by Gasteiger charge is -2.19. The zero-order chi connectivity index (χ0) is 37.1. The van der Waals surface area contributed by atoms with Gasteiger partial charge in [-0.15, -0.1) is 11.3 Å². The second kappa shape index (κ2) is 17.6. The second-order valence-electron chi connectivity index (χ2n) is 13.7. The Labute approximate surface area is 311 Å². The van der Waals surface area contributed by atoms with Gasteiger partial charge in [-0.05, 0) is 59.4 Å². The lowest BCUT2D eigenvalue weighted by Crippen LogP contribution is -2.49. The Bertz CT molecular complexity index is 2020. The summed E-state index contributed by atoms with van der Waals surface area (Å²) < 4.78 is 34.1. The summed E-state index contributed by atoms with van der Waals surface area (Å²) in [4.78, 5) is 37.4. The molecule has 2 amide bonds. The molecule has 0 aliphatic rings. The highest BCUT2D eigenvalue weighted by Crippen LogP contribution is 2.30. The minimum atomic E-state index is -4.16. The summed E-state index contributed by atoms with van der Waals surface area (Å²) in [7, 11) is -4.16. The normalized spacial score (nSPS) is 12.2. The molecule has 5 rings (SSSR count). The Morgan fingerprint density at radius 3 is 2.08 bits per heavy atom. The highest BCUT2D eigenvalue weighted by atomic mass is 32.2. The van der Waals surface area contributed by atoms with Gasteiger partial charge in [-0.2, -0.15) is 0 Å². The van der Waals surface area contributed by atoms with Crippen LogP contribution in [0.2, 0.25) is 0 Å². The van der Waals surface area contributed by atoms with Gasteiger partial charge in [-0.3, -0.25) is 9.59 Å². The molecule has 9 nitrogen and oxygen atoms in total. The summed E-state index contributed by atoms with van der Waals surface area (Å²) in [6, 6.07) is 25.3. The maximum absolute atomic E-state index is 13.5. The highest BCUT2D eigenvalue weighted by molar-refractivity contribution is 7.90. The molecule has 0 fully saturated rings. The van der Waals surface area contributed by atoms with E-state index in [1.807, 2.05) is 54.6 Å². The fourth-order valence-electron chi connectivity index (χ4n) is 5.45. The number of hydrogen-bond donors (Lipinski definition) is 2. The lowest BCUT2D eigenvalue weighted by molar-refractivity contribution is -0.121. The number of nitrogens with zero attached hydrogens (tertiary/aromatic N) is 2. The van der Waals surface area contributed by atoms with Crippen LogP contribution in [0, 0.1) is 0 Å². The Morgan fingerprint density at radius 2 is 1.44 bits per heavy atom. The Hall–Kier alpha value is -4.87. The zero-order valence-electron chi connectivity index (χ0n) is 30.1. The number of carbonyl (C=O) groups is 2. The molecule has 1 unspecified atom stereocenters. The van der Waals surface area contributed by atoms with E-state index in [1.165, 1.54) is 49.2 Å². The maximum atomic E-state index is 13.5. The van der Waals surface area contributed by atoms with Crippen LogP contribution in [0.5, 0.6) is 5.75 Å². The monoisotopic (exact) mass is 738 g/mol. The van der Waals surface area contributed by atoms with Crippen molar-refractivity contribution < 1.29 is 22.7 Å².